The van der Waals surface area contributed by atoms with E-state index in [9.17, 15) is 4.79 Å². The maximum absolute atomic E-state index is 13.0. The molecule has 1 heterocycles. The second-order valence-corrected chi connectivity index (χ2v) is 9.90. The van der Waals surface area contributed by atoms with Crippen molar-refractivity contribution >= 4 is 73.5 Å². The van der Waals surface area contributed by atoms with Gasteiger partial charge in [0, 0.05) is 4.47 Å². The minimum atomic E-state index is -0.179. The number of carbonyl (C=O) groups excluding carboxylic acids is 1. The van der Waals surface area contributed by atoms with E-state index in [1.165, 1.54) is 16.7 Å². The highest BCUT2D eigenvalue weighted by Crippen LogP contribution is 2.39. The minimum Gasteiger partial charge on any atom is -0.490 e. The lowest BCUT2D eigenvalue weighted by Crippen LogP contribution is -2.27. The molecule has 2 aromatic carbocycles. The molecule has 0 aromatic heterocycles. The highest BCUT2D eigenvalue weighted by atomic mass is 79.9. The summed E-state index contributed by atoms with van der Waals surface area (Å²) in [5.74, 6) is 1.58. The Kier molecular flexibility index (Phi) is 7.85. The number of thioether (sulfide) groups is 1. The van der Waals surface area contributed by atoms with Crippen LogP contribution in [0, 0.1) is 5.92 Å². The highest BCUT2D eigenvalue weighted by Gasteiger charge is 2.33. The summed E-state index contributed by atoms with van der Waals surface area (Å²) in [6.45, 7) is 7.24. The Morgan fingerprint density at radius 3 is 2.63 bits per heavy atom. The Balaban J connectivity index is 1.87. The van der Waals surface area contributed by atoms with Crippen LogP contribution in [0.5, 0.6) is 11.5 Å². The molecule has 158 valence electrons. The Bertz CT molecular complexity index is 1010. The molecule has 1 saturated heterocycles. The molecule has 0 aliphatic carbocycles. The molecule has 0 bridgehead atoms. The monoisotopic (exact) mass is 525 g/mol. The Morgan fingerprint density at radius 1 is 1.20 bits per heavy atom. The van der Waals surface area contributed by atoms with Gasteiger partial charge in [0.05, 0.1) is 28.8 Å². The molecule has 0 unspecified atom stereocenters. The maximum Gasteiger partial charge on any atom is 0.270 e. The third kappa shape index (κ3) is 5.38. The second kappa shape index (κ2) is 10.2. The van der Waals surface area contributed by atoms with Crippen molar-refractivity contribution in [1.82, 2.24) is 0 Å². The number of ether oxygens (including phenoxy) is 2. The molecular formula is C22H21BrClNO3S2. The summed E-state index contributed by atoms with van der Waals surface area (Å²) >= 11 is 16.3. The van der Waals surface area contributed by atoms with Crippen molar-refractivity contribution in [3.8, 4) is 11.5 Å². The Morgan fingerprint density at radius 2 is 1.97 bits per heavy atom. The molecule has 1 fully saturated rings. The van der Waals surface area contributed by atoms with Gasteiger partial charge in [-0.3, -0.25) is 9.69 Å². The summed E-state index contributed by atoms with van der Waals surface area (Å²) < 4.78 is 12.8. The van der Waals surface area contributed by atoms with Crippen LogP contribution in [0.3, 0.4) is 0 Å². The average Bonchev–Trinajstić information content (AvgIpc) is 2.97. The van der Waals surface area contributed by atoms with Crippen molar-refractivity contribution in [2.24, 2.45) is 5.92 Å². The van der Waals surface area contributed by atoms with E-state index in [1.54, 1.807) is 18.2 Å². The number of thiocarbonyl (C=S) groups is 1. The predicted molar refractivity (Wildman–Crippen MR) is 133 cm³/mol. The van der Waals surface area contributed by atoms with Gasteiger partial charge >= 0.3 is 0 Å². The van der Waals surface area contributed by atoms with E-state index >= 15 is 0 Å². The number of hydrogen-bond donors (Lipinski definition) is 0. The summed E-state index contributed by atoms with van der Waals surface area (Å²) in [5.41, 5.74) is 1.48. The zero-order chi connectivity index (χ0) is 21.8. The van der Waals surface area contributed by atoms with Crippen molar-refractivity contribution in [3.05, 3.63) is 56.4 Å². The van der Waals surface area contributed by atoms with Crippen molar-refractivity contribution in [3.63, 3.8) is 0 Å². The van der Waals surface area contributed by atoms with E-state index < -0.39 is 0 Å². The summed E-state index contributed by atoms with van der Waals surface area (Å²) in [7, 11) is 0. The molecule has 1 amide bonds. The molecule has 3 rings (SSSR count). The van der Waals surface area contributed by atoms with Crippen LogP contribution in [0.1, 0.15) is 26.3 Å². The normalized spacial score (nSPS) is 15.4. The van der Waals surface area contributed by atoms with Gasteiger partial charge in [0.1, 0.15) is 0 Å². The van der Waals surface area contributed by atoms with Gasteiger partial charge in [0.15, 0.2) is 15.8 Å². The van der Waals surface area contributed by atoms with Gasteiger partial charge in [0.2, 0.25) is 0 Å². The molecule has 4 nitrogen and oxygen atoms in total. The van der Waals surface area contributed by atoms with Crippen molar-refractivity contribution < 1.29 is 14.3 Å². The molecule has 1 aliphatic heterocycles. The number of halogens is 2. The first-order chi connectivity index (χ1) is 14.3. The van der Waals surface area contributed by atoms with E-state index in [0.29, 0.717) is 50.6 Å². The fourth-order valence-electron chi connectivity index (χ4n) is 2.72. The van der Waals surface area contributed by atoms with E-state index in [1.807, 2.05) is 31.2 Å². The number of anilines is 1. The third-order valence-corrected chi connectivity index (χ3v) is 6.63. The van der Waals surface area contributed by atoms with Gasteiger partial charge in [-0.15, -0.1) is 0 Å². The third-order valence-electron chi connectivity index (χ3n) is 4.09. The summed E-state index contributed by atoms with van der Waals surface area (Å²) in [6, 6.07) is 11.0. The van der Waals surface area contributed by atoms with E-state index in [0.717, 1.165) is 10.0 Å². The van der Waals surface area contributed by atoms with Crippen LogP contribution >= 0.6 is 51.5 Å². The Labute approximate surface area is 199 Å². The standard InChI is InChI=1S/C22H21BrClNO3S2/c1-4-27-19-9-14(5-8-18(19)28-12-13(2)3)10-20-21(26)25(22(29)30-20)15-6-7-16(23)17(24)11-15/h5-11,13H,4,12H2,1-3H3/b20-10-. The lowest BCUT2D eigenvalue weighted by Gasteiger charge is -2.15. The molecule has 0 N–H and O–H groups in total. The minimum absolute atomic E-state index is 0.179. The summed E-state index contributed by atoms with van der Waals surface area (Å²) in [4.78, 5) is 15.0. The van der Waals surface area contributed by atoms with Crippen LogP contribution in [0.4, 0.5) is 5.69 Å². The molecule has 0 atom stereocenters. The molecule has 0 radical (unpaired) electrons. The number of benzene rings is 2. The molecule has 2 aromatic rings. The first-order valence-electron chi connectivity index (χ1n) is 9.42. The first kappa shape index (κ1) is 23.1. The quantitative estimate of drug-likeness (QED) is 0.288. The van der Waals surface area contributed by atoms with Gasteiger partial charge < -0.3 is 9.47 Å². The van der Waals surface area contributed by atoms with Crippen LogP contribution in [-0.4, -0.2) is 23.4 Å². The lowest BCUT2D eigenvalue weighted by molar-refractivity contribution is -0.113. The van der Waals surface area contributed by atoms with Gasteiger partial charge in [-0.05, 0) is 70.7 Å². The largest absolute Gasteiger partial charge is 0.490 e. The van der Waals surface area contributed by atoms with Crippen LogP contribution in [0.25, 0.3) is 6.08 Å². The molecule has 0 saturated carbocycles. The summed E-state index contributed by atoms with van der Waals surface area (Å²) in [6.07, 6.45) is 1.81. The average molecular weight is 527 g/mol. The number of carbonyl (C=O) groups is 1. The maximum atomic E-state index is 13.0. The fraction of sp³-hybridized carbons (Fsp3) is 0.273. The van der Waals surface area contributed by atoms with Gasteiger partial charge in [0.25, 0.3) is 5.91 Å². The van der Waals surface area contributed by atoms with Crippen LogP contribution in [0.2, 0.25) is 5.02 Å². The molecule has 8 heteroatoms. The zero-order valence-electron chi connectivity index (χ0n) is 16.8. The molecule has 1 aliphatic rings. The number of amides is 1. The van der Waals surface area contributed by atoms with Gasteiger partial charge in [-0.2, -0.15) is 0 Å². The van der Waals surface area contributed by atoms with Crippen molar-refractivity contribution in [1.29, 1.82) is 0 Å². The SMILES string of the molecule is CCOc1cc(/C=C2\SC(=S)N(c3ccc(Br)c(Cl)c3)C2=O)ccc1OCC(C)C. The van der Waals surface area contributed by atoms with Crippen molar-refractivity contribution in [2.75, 3.05) is 18.1 Å². The molecular weight excluding hydrogens is 506 g/mol. The highest BCUT2D eigenvalue weighted by molar-refractivity contribution is 9.10. The Hall–Kier alpha value is -1.54. The zero-order valence-corrected chi connectivity index (χ0v) is 20.8. The number of nitrogens with zero attached hydrogens (tertiary/aromatic N) is 1. The molecule has 30 heavy (non-hydrogen) atoms. The van der Waals surface area contributed by atoms with Crippen LogP contribution in [0.15, 0.2) is 45.8 Å². The number of hydrogen-bond acceptors (Lipinski definition) is 5. The first-order valence-corrected chi connectivity index (χ1v) is 11.8. The second-order valence-electron chi connectivity index (χ2n) is 6.96. The smallest absolute Gasteiger partial charge is 0.270 e. The predicted octanol–water partition coefficient (Wildman–Crippen LogP) is 6.94. The number of rotatable bonds is 7. The van der Waals surface area contributed by atoms with Crippen LogP contribution < -0.4 is 14.4 Å². The van der Waals surface area contributed by atoms with Crippen LogP contribution in [-0.2, 0) is 4.79 Å². The van der Waals surface area contributed by atoms with E-state index in [-0.39, 0.29) is 5.91 Å². The van der Waals surface area contributed by atoms with Gasteiger partial charge in [-0.1, -0.05) is 55.5 Å². The van der Waals surface area contributed by atoms with E-state index in [4.69, 9.17) is 33.3 Å². The topological polar surface area (TPSA) is 38.8 Å². The van der Waals surface area contributed by atoms with Crippen molar-refractivity contribution in [2.45, 2.75) is 20.8 Å². The lowest BCUT2D eigenvalue weighted by atomic mass is 10.1. The molecule has 0 spiro atoms. The van der Waals surface area contributed by atoms with E-state index in [2.05, 4.69) is 29.8 Å². The van der Waals surface area contributed by atoms with Gasteiger partial charge in [-0.25, -0.2) is 0 Å². The summed E-state index contributed by atoms with van der Waals surface area (Å²) in [5, 5.41) is 0.517. The fourth-order valence-corrected chi connectivity index (χ4v) is 4.44.